The fraction of sp³-hybridized carbons (Fsp3) is 0.400. The molecule has 4 heteroatoms. The molecular weight excluding hydrogens is 244 g/mol. The third-order valence-electron chi connectivity index (χ3n) is 2.29. The van der Waals surface area contributed by atoms with Gasteiger partial charge < -0.3 is 4.90 Å². The van der Waals surface area contributed by atoms with Gasteiger partial charge in [0, 0.05) is 19.2 Å². The van der Waals surface area contributed by atoms with Crippen LogP contribution in [0.4, 0.5) is 5.82 Å². The number of pyridine rings is 1. The van der Waals surface area contributed by atoms with Crippen LogP contribution in [-0.2, 0) is 4.79 Å². The molecule has 0 saturated carbocycles. The predicted octanol–water partition coefficient (Wildman–Crippen LogP) is 2.01. The van der Waals surface area contributed by atoms with Crippen LogP contribution < -0.4 is 4.90 Å². The topological polar surface area (TPSA) is 33.2 Å². The van der Waals surface area contributed by atoms with E-state index < -0.39 is 0 Å². The molecule has 0 spiro atoms. The van der Waals surface area contributed by atoms with Crippen LogP contribution in [-0.4, -0.2) is 23.9 Å². The van der Waals surface area contributed by atoms with E-state index in [-0.39, 0.29) is 0 Å². The van der Waals surface area contributed by atoms with Crippen LogP contribution in [0.5, 0.6) is 0 Å². The van der Waals surface area contributed by atoms with Gasteiger partial charge in [0.05, 0.1) is 11.0 Å². The number of anilines is 1. The van der Waals surface area contributed by atoms with Crippen molar-refractivity contribution in [2.45, 2.75) is 12.8 Å². The normalized spacial score (nSPS) is 17.2. The summed E-state index contributed by atoms with van der Waals surface area (Å²) in [4.78, 5) is 17.6. The van der Waals surface area contributed by atoms with Gasteiger partial charge in [-0.1, -0.05) is 0 Å². The minimum Gasteiger partial charge on any atom is -0.348 e. The Labute approximate surface area is 91.3 Å². The largest absolute Gasteiger partial charge is 0.348 e. The average Bonchev–Trinajstić information content (AvgIpc) is 2.18. The molecule has 1 saturated heterocycles. The number of Topliss-reactive ketones (excluding diaryl/α,β-unsaturated/α-hetero) is 1. The van der Waals surface area contributed by atoms with Crippen molar-refractivity contribution in [1.29, 1.82) is 0 Å². The van der Waals surface area contributed by atoms with Gasteiger partial charge in [-0.05, 0) is 34.5 Å². The van der Waals surface area contributed by atoms with E-state index in [4.69, 9.17) is 0 Å². The van der Waals surface area contributed by atoms with Crippen LogP contribution in [0.1, 0.15) is 12.8 Å². The van der Waals surface area contributed by atoms with E-state index in [2.05, 4.69) is 20.9 Å². The lowest BCUT2D eigenvalue weighted by atomic mass is 10.1. The molecule has 14 heavy (non-hydrogen) atoms. The lowest BCUT2D eigenvalue weighted by molar-refractivity contribution is -0.118. The Hall–Kier alpha value is -0.900. The molecule has 0 aliphatic carbocycles. The Morgan fingerprint density at radius 1 is 1.50 bits per heavy atom. The second kappa shape index (κ2) is 4.09. The lowest BCUT2D eigenvalue weighted by Gasteiger charge is -2.27. The first kappa shape index (κ1) is 9.65. The molecule has 2 rings (SSSR count). The maximum Gasteiger partial charge on any atom is 0.152 e. The minimum absolute atomic E-state index is 0.300. The van der Waals surface area contributed by atoms with Gasteiger partial charge in [0.15, 0.2) is 5.78 Å². The Morgan fingerprint density at radius 3 is 3.07 bits per heavy atom. The summed E-state index contributed by atoms with van der Waals surface area (Å²) in [6.07, 6.45) is 3.39. The Balaban J connectivity index is 2.22. The zero-order chi connectivity index (χ0) is 9.97. The van der Waals surface area contributed by atoms with Crippen LogP contribution in [0.15, 0.2) is 22.8 Å². The number of hydrogen-bond donors (Lipinski definition) is 0. The maximum atomic E-state index is 11.3. The molecule has 1 fully saturated rings. The van der Waals surface area contributed by atoms with Crippen molar-refractivity contribution < 1.29 is 4.79 Å². The van der Waals surface area contributed by atoms with Gasteiger partial charge >= 0.3 is 0 Å². The van der Waals surface area contributed by atoms with E-state index >= 15 is 0 Å². The van der Waals surface area contributed by atoms with Gasteiger partial charge in [-0.15, -0.1) is 0 Å². The summed E-state index contributed by atoms with van der Waals surface area (Å²) in [7, 11) is 0. The van der Waals surface area contributed by atoms with Crippen molar-refractivity contribution in [3.8, 4) is 0 Å². The highest BCUT2D eigenvalue weighted by atomic mass is 79.9. The Kier molecular flexibility index (Phi) is 2.82. The molecule has 2 heterocycles. The zero-order valence-electron chi connectivity index (χ0n) is 7.74. The van der Waals surface area contributed by atoms with Crippen LogP contribution in [0.2, 0.25) is 0 Å². The molecule has 0 amide bonds. The molecular formula is C10H11BrN2O. The summed E-state index contributed by atoms with van der Waals surface area (Å²) in [5.74, 6) is 1.18. The number of halogens is 1. The van der Waals surface area contributed by atoms with E-state index in [1.54, 1.807) is 6.20 Å². The van der Waals surface area contributed by atoms with E-state index in [1.807, 2.05) is 17.0 Å². The van der Waals surface area contributed by atoms with Crippen molar-refractivity contribution in [3.05, 3.63) is 22.8 Å². The summed E-state index contributed by atoms with van der Waals surface area (Å²) in [5, 5.41) is 0. The van der Waals surface area contributed by atoms with Gasteiger partial charge in [-0.2, -0.15) is 0 Å². The van der Waals surface area contributed by atoms with E-state index in [1.165, 1.54) is 0 Å². The quantitative estimate of drug-likeness (QED) is 0.769. The Morgan fingerprint density at radius 2 is 2.36 bits per heavy atom. The number of aromatic nitrogens is 1. The number of ketones is 1. The number of carbonyl (C=O) groups excluding carboxylic acids is 1. The van der Waals surface area contributed by atoms with E-state index in [9.17, 15) is 4.79 Å². The van der Waals surface area contributed by atoms with E-state index in [0.29, 0.717) is 18.7 Å². The van der Waals surface area contributed by atoms with Crippen molar-refractivity contribution in [3.63, 3.8) is 0 Å². The lowest BCUT2D eigenvalue weighted by Crippen LogP contribution is -2.36. The van der Waals surface area contributed by atoms with Crippen LogP contribution >= 0.6 is 15.9 Å². The summed E-state index contributed by atoms with van der Waals surface area (Å²) >= 11 is 3.44. The smallest absolute Gasteiger partial charge is 0.152 e. The monoisotopic (exact) mass is 254 g/mol. The van der Waals surface area contributed by atoms with Gasteiger partial charge in [0.25, 0.3) is 0 Å². The first-order valence-corrected chi connectivity index (χ1v) is 5.44. The average molecular weight is 255 g/mol. The molecule has 0 N–H and O–H groups in total. The molecule has 0 aromatic carbocycles. The van der Waals surface area contributed by atoms with E-state index in [0.717, 1.165) is 23.3 Å². The second-order valence-corrected chi connectivity index (χ2v) is 4.23. The first-order valence-electron chi connectivity index (χ1n) is 4.64. The summed E-state index contributed by atoms with van der Waals surface area (Å²) < 4.78 is 0.953. The van der Waals surface area contributed by atoms with Gasteiger partial charge in [0.2, 0.25) is 0 Å². The van der Waals surface area contributed by atoms with Gasteiger partial charge in [0.1, 0.15) is 5.82 Å². The van der Waals surface area contributed by atoms with Crippen molar-refractivity contribution >= 4 is 27.5 Å². The maximum absolute atomic E-state index is 11.3. The number of nitrogens with zero attached hydrogens (tertiary/aromatic N) is 2. The highest BCUT2D eigenvalue weighted by molar-refractivity contribution is 9.10. The number of hydrogen-bond acceptors (Lipinski definition) is 3. The highest BCUT2D eigenvalue weighted by Crippen LogP contribution is 2.24. The predicted molar refractivity (Wildman–Crippen MR) is 58.4 cm³/mol. The molecule has 1 aliphatic rings. The minimum atomic E-state index is 0.300. The molecule has 0 bridgehead atoms. The zero-order valence-corrected chi connectivity index (χ0v) is 9.33. The standard InChI is InChI=1S/C10H11BrN2O/c11-9-4-1-5-12-10(9)13-6-2-3-8(14)7-13/h1,4-5H,2-3,6-7H2. The fourth-order valence-electron chi connectivity index (χ4n) is 1.63. The number of carbonyl (C=O) groups is 1. The number of rotatable bonds is 1. The molecule has 0 radical (unpaired) electrons. The first-order chi connectivity index (χ1) is 6.77. The van der Waals surface area contributed by atoms with Gasteiger partial charge in [-0.25, -0.2) is 4.98 Å². The van der Waals surface area contributed by atoms with Crippen LogP contribution in [0.3, 0.4) is 0 Å². The molecule has 0 unspecified atom stereocenters. The van der Waals surface area contributed by atoms with Crippen molar-refractivity contribution in [2.24, 2.45) is 0 Å². The molecule has 3 nitrogen and oxygen atoms in total. The third-order valence-corrected chi connectivity index (χ3v) is 2.91. The Bertz CT molecular complexity index is 354. The number of piperidine rings is 1. The van der Waals surface area contributed by atoms with Gasteiger partial charge in [-0.3, -0.25) is 4.79 Å². The van der Waals surface area contributed by atoms with Crippen molar-refractivity contribution in [1.82, 2.24) is 4.98 Å². The molecule has 74 valence electrons. The van der Waals surface area contributed by atoms with Crippen molar-refractivity contribution in [2.75, 3.05) is 18.0 Å². The van der Waals surface area contributed by atoms with Crippen LogP contribution in [0, 0.1) is 0 Å². The molecule has 1 aromatic rings. The summed E-state index contributed by atoms with van der Waals surface area (Å²) in [6, 6.07) is 3.82. The SMILES string of the molecule is O=C1CCCN(c2ncccc2Br)C1. The molecule has 1 aliphatic heterocycles. The van der Waals surface area contributed by atoms with Crippen LogP contribution in [0.25, 0.3) is 0 Å². The second-order valence-electron chi connectivity index (χ2n) is 3.37. The summed E-state index contributed by atoms with van der Waals surface area (Å²) in [6.45, 7) is 1.41. The highest BCUT2D eigenvalue weighted by Gasteiger charge is 2.19. The summed E-state index contributed by atoms with van der Waals surface area (Å²) in [5.41, 5.74) is 0. The molecule has 1 aromatic heterocycles. The third kappa shape index (κ3) is 1.95. The fourth-order valence-corrected chi connectivity index (χ4v) is 2.13. The molecule has 0 atom stereocenters.